The van der Waals surface area contributed by atoms with Crippen LogP contribution in [0.1, 0.15) is 12.5 Å². The van der Waals surface area contributed by atoms with Gasteiger partial charge in [0.25, 0.3) is 0 Å². The molecule has 0 amide bonds. The fourth-order valence-corrected chi connectivity index (χ4v) is 1.69. The van der Waals surface area contributed by atoms with Gasteiger partial charge in [-0.2, -0.15) is 0 Å². The number of benzene rings is 1. The van der Waals surface area contributed by atoms with Crippen molar-refractivity contribution >= 4 is 28.5 Å². The molecule has 0 unspecified atom stereocenters. The molecule has 4 heteroatoms. The molecule has 1 aromatic heterocycles. The van der Waals surface area contributed by atoms with Crippen LogP contribution in [0.5, 0.6) is 0 Å². The van der Waals surface area contributed by atoms with Gasteiger partial charge in [0.1, 0.15) is 0 Å². The fourth-order valence-electron chi connectivity index (χ4n) is 1.48. The second-order valence-electron chi connectivity index (χ2n) is 3.50. The predicted octanol–water partition coefficient (Wildman–Crippen LogP) is 2.80. The number of pyridine rings is 1. The van der Waals surface area contributed by atoms with Crippen molar-refractivity contribution in [3.63, 3.8) is 0 Å². The van der Waals surface area contributed by atoms with Gasteiger partial charge >= 0.3 is 5.97 Å². The monoisotopic (exact) mass is 259 g/mol. The zero-order chi connectivity index (χ0) is 13.0. The van der Waals surface area contributed by atoms with Crippen LogP contribution in [0, 0.1) is 11.8 Å². The van der Waals surface area contributed by atoms with E-state index in [-0.39, 0.29) is 0 Å². The maximum Gasteiger partial charge on any atom is 0.384 e. The number of hydrogen-bond donors (Lipinski definition) is 0. The molecular weight excluding hydrogens is 250 g/mol. The van der Waals surface area contributed by atoms with Crippen LogP contribution in [0.15, 0.2) is 30.5 Å². The Balaban J connectivity index is 2.36. The Morgan fingerprint density at radius 1 is 1.44 bits per heavy atom. The van der Waals surface area contributed by atoms with Crippen LogP contribution in [-0.4, -0.2) is 17.6 Å². The van der Waals surface area contributed by atoms with E-state index in [9.17, 15) is 4.79 Å². The first-order valence-corrected chi connectivity index (χ1v) is 5.81. The number of carbonyl (C=O) groups excluding carboxylic acids is 1. The predicted molar refractivity (Wildman–Crippen MR) is 70.3 cm³/mol. The molecule has 0 bridgehead atoms. The van der Waals surface area contributed by atoms with Crippen LogP contribution in [0.2, 0.25) is 5.02 Å². The molecule has 18 heavy (non-hydrogen) atoms. The SMILES string of the molecule is CCOC(=O)C#Cc1ccc2nccc(Cl)c2c1. The van der Waals surface area contributed by atoms with E-state index in [2.05, 4.69) is 16.8 Å². The van der Waals surface area contributed by atoms with Crippen LogP contribution in [0.25, 0.3) is 10.9 Å². The molecule has 2 rings (SSSR count). The Labute approximate surface area is 110 Å². The van der Waals surface area contributed by atoms with Gasteiger partial charge in [0.05, 0.1) is 17.1 Å². The fraction of sp³-hybridized carbons (Fsp3) is 0.143. The first-order chi connectivity index (χ1) is 8.70. The molecule has 0 aliphatic carbocycles. The highest BCUT2D eigenvalue weighted by Crippen LogP contribution is 2.22. The molecule has 0 N–H and O–H groups in total. The lowest BCUT2D eigenvalue weighted by molar-refractivity contribution is -0.136. The summed E-state index contributed by atoms with van der Waals surface area (Å²) in [5.74, 6) is 4.61. The number of hydrogen-bond acceptors (Lipinski definition) is 3. The molecule has 0 spiro atoms. The summed E-state index contributed by atoms with van der Waals surface area (Å²) in [6.45, 7) is 2.06. The molecule has 0 saturated heterocycles. The second-order valence-corrected chi connectivity index (χ2v) is 3.90. The first-order valence-electron chi connectivity index (χ1n) is 5.43. The summed E-state index contributed by atoms with van der Waals surface area (Å²) in [6.07, 6.45) is 1.65. The lowest BCUT2D eigenvalue weighted by atomic mass is 10.1. The number of aromatic nitrogens is 1. The third-order valence-electron chi connectivity index (χ3n) is 2.27. The van der Waals surface area contributed by atoms with Gasteiger partial charge in [-0.05, 0) is 31.2 Å². The van der Waals surface area contributed by atoms with Crippen molar-refractivity contribution in [2.45, 2.75) is 6.92 Å². The summed E-state index contributed by atoms with van der Waals surface area (Å²) < 4.78 is 4.72. The van der Waals surface area contributed by atoms with Crippen LogP contribution in [-0.2, 0) is 9.53 Å². The lowest BCUT2D eigenvalue weighted by Crippen LogP contribution is -1.99. The maximum absolute atomic E-state index is 11.1. The van der Waals surface area contributed by atoms with Crippen molar-refractivity contribution in [1.29, 1.82) is 0 Å². The number of carbonyl (C=O) groups is 1. The Morgan fingerprint density at radius 3 is 3.06 bits per heavy atom. The third-order valence-corrected chi connectivity index (χ3v) is 2.60. The lowest BCUT2D eigenvalue weighted by Gasteiger charge is -1.99. The summed E-state index contributed by atoms with van der Waals surface area (Å²) in [5, 5.41) is 1.43. The number of fused-ring (bicyclic) bond motifs is 1. The number of esters is 1. The van der Waals surface area contributed by atoms with Crippen LogP contribution >= 0.6 is 11.6 Å². The van der Waals surface area contributed by atoms with Crippen molar-refractivity contribution in [3.05, 3.63) is 41.0 Å². The van der Waals surface area contributed by atoms with Gasteiger partial charge in [0, 0.05) is 23.1 Å². The minimum Gasteiger partial charge on any atom is -0.456 e. The van der Waals surface area contributed by atoms with Crippen LogP contribution in [0.3, 0.4) is 0 Å². The summed E-state index contributed by atoms with van der Waals surface area (Å²) in [6, 6.07) is 7.12. The van der Waals surface area contributed by atoms with Gasteiger partial charge < -0.3 is 4.74 Å². The minimum absolute atomic E-state index is 0.320. The highest BCUT2D eigenvalue weighted by molar-refractivity contribution is 6.35. The van der Waals surface area contributed by atoms with Crippen LogP contribution in [0.4, 0.5) is 0 Å². The van der Waals surface area contributed by atoms with E-state index in [0.29, 0.717) is 17.2 Å². The van der Waals surface area contributed by atoms with E-state index in [0.717, 1.165) is 10.9 Å². The maximum atomic E-state index is 11.1. The molecule has 1 heterocycles. The number of nitrogens with zero attached hydrogens (tertiary/aromatic N) is 1. The molecule has 0 fully saturated rings. The quantitative estimate of drug-likeness (QED) is 0.584. The highest BCUT2D eigenvalue weighted by Gasteiger charge is 2.00. The smallest absolute Gasteiger partial charge is 0.384 e. The molecule has 0 aliphatic heterocycles. The van der Waals surface area contributed by atoms with E-state index in [1.54, 1.807) is 31.3 Å². The second kappa shape index (κ2) is 5.52. The molecule has 2 aromatic rings. The van der Waals surface area contributed by atoms with Crippen molar-refractivity contribution < 1.29 is 9.53 Å². The van der Waals surface area contributed by atoms with E-state index in [1.165, 1.54) is 0 Å². The van der Waals surface area contributed by atoms with Gasteiger partial charge in [-0.1, -0.05) is 17.5 Å². The summed E-state index contributed by atoms with van der Waals surface area (Å²) in [5.41, 5.74) is 1.50. The Hall–Kier alpha value is -2.05. The minimum atomic E-state index is -0.533. The standard InChI is InChI=1S/C14H10ClNO2/c1-2-18-14(17)6-4-10-3-5-13-11(9-10)12(15)7-8-16-13/h3,5,7-9H,2H2,1H3. The van der Waals surface area contributed by atoms with Gasteiger partial charge in [0.15, 0.2) is 0 Å². The normalized spacial score (nSPS) is 9.67. The van der Waals surface area contributed by atoms with Crippen molar-refractivity contribution in [1.82, 2.24) is 4.98 Å². The summed E-state index contributed by atoms with van der Waals surface area (Å²) in [4.78, 5) is 15.3. The molecule has 1 aromatic carbocycles. The zero-order valence-electron chi connectivity index (χ0n) is 9.74. The zero-order valence-corrected chi connectivity index (χ0v) is 10.5. The molecule has 90 valence electrons. The summed E-state index contributed by atoms with van der Waals surface area (Å²) >= 11 is 6.06. The van der Waals surface area contributed by atoms with Gasteiger partial charge in [0.2, 0.25) is 0 Å². The third kappa shape index (κ3) is 2.79. The van der Waals surface area contributed by atoms with Gasteiger partial charge in [-0.3, -0.25) is 4.98 Å². The largest absolute Gasteiger partial charge is 0.456 e. The molecule has 0 radical (unpaired) electrons. The van der Waals surface area contributed by atoms with Crippen molar-refractivity contribution in [2.24, 2.45) is 0 Å². The Morgan fingerprint density at radius 2 is 2.28 bits per heavy atom. The van der Waals surface area contributed by atoms with E-state index in [4.69, 9.17) is 16.3 Å². The average molecular weight is 260 g/mol. The molecule has 0 saturated carbocycles. The molecule has 0 aliphatic rings. The van der Waals surface area contributed by atoms with E-state index >= 15 is 0 Å². The molecule has 3 nitrogen and oxygen atoms in total. The topological polar surface area (TPSA) is 39.2 Å². The van der Waals surface area contributed by atoms with Crippen molar-refractivity contribution in [2.75, 3.05) is 6.61 Å². The first kappa shape index (κ1) is 12.4. The Kier molecular flexibility index (Phi) is 3.81. The van der Waals surface area contributed by atoms with E-state index in [1.807, 2.05) is 6.07 Å². The number of halogens is 1. The van der Waals surface area contributed by atoms with Gasteiger partial charge in [-0.15, -0.1) is 0 Å². The van der Waals surface area contributed by atoms with Crippen LogP contribution < -0.4 is 0 Å². The van der Waals surface area contributed by atoms with E-state index < -0.39 is 5.97 Å². The highest BCUT2D eigenvalue weighted by atomic mass is 35.5. The van der Waals surface area contributed by atoms with Crippen molar-refractivity contribution in [3.8, 4) is 11.8 Å². The molecule has 0 atom stereocenters. The summed E-state index contributed by atoms with van der Waals surface area (Å²) in [7, 11) is 0. The molecular formula is C14H10ClNO2. The number of rotatable bonds is 1. The Bertz CT molecular complexity index is 656. The average Bonchev–Trinajstić information content (AvgIpc) is 2.37. The number of ether oxygens (including phenoxy) is 1. The van der Waals surface area contributed by atoms with Gasteiger partial charge in [-0.25, -0.2) is 4.79 Å².